The number of benzene rings is 3. The number of para-hydroxylation sites is 1. The lowest BCUT2D eigenvalue weighted by Crippen LogP contribution is -2.07. The average molecular weight is 421 g/mol. The van der Waals surface area contributed by atoms with Gasteiger partial charge in [0.25, 0.3) is 0 Å². The number of nitrogens with zero attached hydrogens (tertiary/aromatic N) is 2. The number of aromatic nitrogens is 4. The summed E-state index contributed by atoms with van der Waals surface area (Å²) in [6.07, 6.45) is 5.13. The van der Waals surface area contributed by atoms with Crippen molar-refractivity contribution in [3.63, 3.8) is 0 Å². The summed E-state index contributed by atoms with van der Waals surface area (Å²) >= 11 is 0. The maximum absolute atomic E-state index is 12.5. The smallest absolute Gasteiger partial charge is 0.322 e. The van der Waals surface area contributed by atoms with Gasteiger partial charge in [-0.25, -0.2) is 9.48 Å². The molecule has 0 atom stereocenters. The first-order valence-electron chi connectivity index (χ1n) is 10.1. The van der Waals surface area contributed by atoms with Crippen molar-refractivity contribution >= 4 is 28.7 Å². The molecule has 0 saturated heterocycles. The largest absolute Gasteiger partial charge is 0.323 e. The van der Waals surface area contributed by atoms with Crippen molar-refractivity contribution in [2.45, 2.75) is 0 Å². The second kappa shape index (κ2) is 8.23. The van der Waals surface area contributed by atoms with Gasteiger partial charge in [-0.3, -0.25) is 4.79 Å². The summed E-state index contributed by atoms with van der Waals surface area (Å²) in [7, 11) is 0. The topological polar surface area (TPSA) is 95.6 Å². The van der Waals surface area contributed by atoms with Crippen molar-refractivity contribution in [1.82, 2.24) is 19.7 Å². The molecule has 0 saturated carbocycles. The van der Waals surface area contributed by atoms with Gasteiger partial charge in [0.1, 0.15) is 0 Å². The maximum Gasteiger partial charge on any atom is 0.323 e. The zero-order chi connectivity index (χ0) is 21.9. The minimum absolute atomic E-state index is 0.284. The maximum atomic E-state index is 12.5. The summed E-state index contributed by atoms with van der Waals surface area (Å²) < 4.78 is 1.80. The van der Waals surface area contributed by atoms with Crippen LogP contribution in [0, 0.1) is 0 Å². The molecule has 0 bridgehead atoms. The van der Waals surface area contributed by atoms with Crippen molar-refractivity contribution in [3.8, 4) is 16.9 Å². The van der Waals surface area contributed by atoms with Crippen molar-refractivity contribution in [2.24, 2.45) is 0 Å². The number of carbonyl (C=O) groups is 1. The molecule has 5 aromatic rings. The number of hydrogen-bond acceptors (Lipinski definition) is 3. The van der Waals surface area contributed by atoms with E-state index in [1.165, 1.54) is 6.08 Å². The van der Waals surface area contributed by atoms with Crippen LogP contribution in [-0.4, -0.2) is 25.7 Å². The predicted octanol–water partition coefficient (Wildman–Crippen LogP) is 4.36. The van der Waals surface area contributed by atoms with Crippen molar-refractivity contribution in [1.29, 1.82) is 0 Å². The number of hydrogen-bond donors (Lipinski definition) is 3. The Morgan fingerprint density at radius 1 is 0.906 bits per heavy atom. The van der Waals surface area contributed by atoms with Gasteiger partial charge in [-0.1, -0.05) is 48.5 Å². The van der Waals surface area contributed by atoms with E-state index in [2.05, 4.69) is 15.3 Å². The third-order valence-corrected chi connectivity index (χ3v) is 5.01. The van der Waals surface area contributed by atoms with Gasteiger partial charge in [0, 0.05) is 29.1 Å². The van der Waals surface area contributed by atoms with E-state index < -0.39 is 0 Å². The van der Waals surface area contributed by atoms with Crippen LogP contribution in [0.1, 0.15) is 5.56 Å². The molecule has 1 amide bonds. The minimum Gasteiger partial charge on any atom is -0.322 e. The van der Waals surface area contributed by atoms with Crippen LogP contribution >= 0.6 is 0 Å². The molecule has 0 unspecified atom stereocenters. The number of amides is 1. The molecule has 5 rings (SSSR count). The molecule has 3 N–H and O–H groups in total. The Labute approximate surface area is 183 Å². The number of rotatable bonds is 5. The molecule has 3 aromatic carbocycles. The summed E-state index contributed by atoms with van der Waals surface area (Å²) in [5.41, 5.74) is 5.12. The van der Waals surface area contributed by atoms with E-state index in [-0.39, 0.29) is 11.6 Å². The van der Waals surface area contributed by atoms with Crippen LogP contribution in [-0.2, 0) is 4.79 Å². The highest BCUT2D eigenvalue weighted by atomic mass is 16.1. The van der Waals surface area contributed by atoms with E-state index in [0.29, 0.717) is 16.7 Å². The minimum atomic E-state index is -0.285. The lowest BCUT2D eigenvalue weighted by Gasteiger charge is -2.02. The number of H-pyrrole nitrogens is 2. The number of aromatic amines is 2. The van der Waals surface area contributed by atoms with E-state index in [1.807, 2.05) is 66.9 Å². The second-order valence-corrected chi connectivity index (χ2v) is 7.24. The van der Waals surface area contributed by atoms with Crippen LogP contribution in [0.3, 0.4) is 0 Å². The molecule has 7 nitrogen and oxygen atoms in total. The summed E-state index contributed by atoms with van der Waals surface area (Å²) in [5.74, 6) is -0.284. The standard InChI is InChI=1S/C25H19N5O2/c31-23(26-19-12-13-21-22(15-19)28-25(32)27-21)14-11-18-16-30(20-9-5-2-6-10-20)29-24(18)17-7-3-1-4-8-17/h1-16H,(H,26,31)(H2,27,28,32)/b14-11+. The van der Waals surface area contributed by atoms with Crippen LogP contribution < -0.4 is 11.0 Å². The normalized spacial score (nSPS) is 11.2. The average Bonchev–Trinajstić information content (AvgIpc) is 3.41. The number of fused-ring (bicyclic) bond motifs is 1. The summed E-state index contributed by atoms with van der Waals surface area (Å²) in [4.78, 5) is 29.3. The SMILES string of the molecule is O=C(/C=C/c1cn(-c2ccccc2)nc1-c1ccccc1)Nc1ccc2[nH]c(=O)[nH]c2c1. The van der Waals surface area contributed by atoms with Crippen molar-refractivity contribution < 1.29 is 4.79 Å². The fourth-order valence-corrected chi connectivity index (χ4v) is 3.50. The Balaban J connectivity index is 1.43. The predicted molar refractivity (Wildman–Crippen MR) is 126 cm³/mol. The highest BCUT2D eigenvalue weighted by Gasteiger charge is 2.11. The Kier molecular flexibility index (Phi) is 4.97. The Bertz CT molecular complexity index is 1480. The zero-order valence-corrected chi connectivity index (χ0v) is 16.9. The first kappa shape index (κ1) is 19.3. The highest BCUT2D eigenvalue weighted by Crippen LogP contribution is 2.25. The van der Waals surface area contributed by atoms with E-state index in [1.54, 1.807) is 29.0 Å². The van der Waals surface area contributed by atoms with Gasteiger partial charge in [0.15, 0.2) is 0 Å². The fourth-order valence-electron chi connectivity index (χ4n) is 3.50. The van der Waals surface area contributed by atoms with E-state index >= 15 is 0 Å². The first-order chi connectivity index (χ1) is 15.7. The van der Waals surface area contributed by atoms with Gasteiger partial charge in [-0.15, -0.1) is 0 Å². The fraction of sp³-hybridized carbons (Fsp3) is 0. The molecule has 0 aliphatic rings. The highest BCUT2D eigenvalue weighted by molar-refractivity contribution is 6.03. The summed E-state index contributed by atoms with van der Waals surface area (Å²) in [5, 5.41) is 7.57. The van der Waals surface area contributed by atoms with E-state index in [4.69, 9.17) is 5.10 Å². The molecular weight excluding hydrogens is 402 g/mol. The third kappa shape index (κ3) is 3.99. The molecule has 2 aromatic heterocycles. The third-order valence-electron chi connectivity index (χ3n) is 5.01. The van der Waals surface area contributed by atoms with Gasteiger partial charge >= 0.3 is 5.69 Å². The number of anilines is 1. The van der Waals surface area contributed by atoms with Gasteiger partial charge in [-0.05, 0) is 36.4 Å². The molecule has 32 heavy (non-hydrogen) atoms. The van der Waals surface area contributed by atoms with Crippen LogP contribution in [0.4, 0.5) is 5.69 Å². The van der Waals surface area contributed by atoms with E-state index in [9.17, 15) is 9.59 Å². The molecule has 0 aliphatic heterocycles. The first-order valence-corrected chi connectivity index (χ1v) is 10.1. The van der Waals surface area contributed by atoms with Gasteiger partial charge in [0.05, 0.1) is 22.4 Å². The van der Waals surface area contributed by atoms with Gasteiger partial charge in [-0.2, -0.15) is 5.10 Å². The van der Waals surface area contributed by atoms with Crippen LogP contribution in [0.15, 0.2) is 95.9 Å². The molecule has 2 heterocycles. The number of nitrogens with one attached hydrogen (secondary N) is 3. The van der Waals surface area contributed by atoms with Gasteiger partial charge in [0.2, 0.25) is 5.91 Å². The molecular formula is C25H19N5O2. The number of carbonyl (C=O) groups excluding carboxylic acids is 1. The zero-order valence-electron chi connectivity index (χ0n) is 16.9. The summed E-state index contributed by atoms with van der Waals surface area (Å²) in [6.45, 7) is 0. The summed E-state index contributed by atoms with van der Waals surface area (Å²) in [6, 6.07) is 24.8. The molecule has 0 spiro atoms. The molecule has 0 fully saturated rings. The Morgan fingerprint density at radius 3 is 2.41 bits per heavy atom. The van der Waals surface area contributed by atoms with Gasteiger partial charge < -0.3 is 15.3 Å². The van der Waals surface area contributed by atoms with Crippen molar-refractivity contribution in [3.05, 3.63) is 107 Å². The van der Waals surface area contributed by atoms with Crippen molar-refractivity contribution in [2.75, 3.05) is 5.32 Å². The monoisotopic (exact) mass is 421 g/mol. The van der Waals surface area contributed by atoms with Crippen LogP contribution in [0.2, 0.25) is 0 Å². The molecule has 7 heteroatoms. The Hall–Kier alpha value is -4.65. The van der Waals surface area contributed by atoms with Crippen LogP contribution in [0.25, 0.3) is 34.1 Å². The lowest BCUT2D eigenvalue weighted by molar-refractivity contribution is -0.111. The Morgan fingerprint density at radius 2 is 1.62 bits per heavy atom. The quantitative estimate of drug-likeness (QED) is 0.368. The lowest BCUT2D eigenvalue weighted by atomic mass is 10.1. The second-order valence-electron chi connectivity index (χ2n) is 7.24. The molecule has 0 radical (unpaired) electrons. The molecule has 0 aliphatic carbocycles. The number of imidazole rings is 1. The molecule has 156 valence electrons. The van der Waals surface area contributed by atoms with Crippen LogP contribution in [0.5, 0.6) is 0 Å². The van der Waals surface area contributed by atoms with E-state index in [0.717, 1.165) is 22.5 Å².